The fourth-order valence-electron chi connectivity index (χ4n) is 0.962. The highest BCUT2D eigenvalue weighted by atomic mass is 16.1. The van der Waals surface area contributed by atoms with Gasteiger partial charge in [0.25, 0.3) is 0 Å². The number of terminal acetylenes is 1. The number of hydrogen-bond acceptors (Lipinski definition) is 2. The topological polar surface area (TPSA) is 34.1 Å². The molecule has 2 nitrogen and oxygen atoms in total. The number of rotatable bonds is 3. The summed E-state index contributed by atoms with van der Waals surface area (Å²) in [7, 11) is 0. The largest absolute Gasteiger partial charge is 0.300 e. The van der Waals surface area contributed by atoms with E-state index in [0.29, 0.717) is 0 Å². The first-order valence-corrected chi connectivity index (χ1v) is 5.54. The van der Waals surface area contributed by atoms with Crippen LogP contribution in [0.5, 0.6) is 0 Å². The molecule has 0 spiro atoms. The minimum atomic E-state index is -0.603. The van der Waals surface area contributed by atoms with Gasteiger partial charge in [0.1, 0.15) is 11.6 Å². The lowest BCUT2D eigenvalue weighted by molar-refractivity contribution is -0.124. The van der Waals surface area contributed by atoms with Crippen LogP contribution in [0.25, 0.3) is 0 Å². The van der Waals surface area contributed by atoms with Crippen LogP contribution < -0.4 is 0 Å². The van der Waals surface area contributed by atoms with E-state index in [-0.39, 0.29) is 18.0 Å². The Kier molecular flexibility index (Phi) is 9.04. The third-order valence-electron chi connectivity index (χ3n) is 1.80. The van der Waals surface area contributed by atoms with Gasteiger partial charge in [0.2, 0.25) is 0 Å². The summed E-state index contributed by atoms with van der Waals surface area (Å²) < 4.78 is 0. The van der Waals surface area contributed by atoms with Crippen LogP contribution >= 0.6 is 0 Å². The molecule has 20 heavy (non-hydrogen) atoms. The van der Waals surface area contributed by atoms with Gasteiger partial charge in [-0.1, -0.05) is 5.92 Å². The lowest BCUT2D eigenvalue weighted by Crippen LogP contribution is -2.12. The van der Waals surface area contributed by atoms with Crippen LogP contribution in [0.4, 0.5) is 0 Å². The van der Waals surface area contributed by atoms with Gasteiger partial charge >= 0.3 is 0 Å². The molecule has 0 aliphatic carbocycles. The molecule has 0 fully saturated rings. The summed E-state index contributed by atoms with van der Waals surface area (Å²) in [5, 5.41) is 0. The standard InChI is InChI=1S/C18H10O2/c1-4-5-6-7-8-9-10-11-12-13-14-18(17(3)20)15-16(2)19/h1,18H,15H2,2-3H3. The van der Waals surface area contributed by atoms with Crippen LogP contribution in [-0.4, -0.2) is 11.6 Å². The van der Waals surface area contributed by atoms with E-state index in [4.69, 9.17) is 6.42 Å². The number of carbonyl (C=O) groups excluding carboxylic acids is 2. The average molecular weight is 258 g/mol. The summed E-state index contributed by atoms with van der Waals surface area (Å²) in [6, 6.07) is 0. The molecule has 0 aromatic heterocycles. The third-order valence-corrected chi connectivity index (χ3v) is 1.80. The highest BCUT2D eigenvalue weighted by molar-refractivity contribution is 5.87. The molecule has 94 valence electrons. The third kappa shape index (κ3) is 9.89. The Labute approximate surface area is 119 Å². The Balaban J connectivity index is 4.60. The second-order valence-electron chi connectivity index (χ2n) is 3.48. The first-order chi connectivity index (χ1) is 9.57. The van der Waals surface area contributed by atoms with Crippen LogP contribution in [0.1, 0.15) is 20.3 Å². The monoisotopic (exact) mass is 258 g/mol. The summed E-state index contributed by atoms with van der Waals surface area (Å²) in [6.45, 7) is 2.80. The molecule has 2 heteroatoms. The Morgan fingerprint density at radius 3 is 1.70 bits per heavy atom. The van der Waals surface area contributed by atoms with Gasteiger partial charge in [-0.25, -0.2) is 0 Å². The number of carbonyl (C=O) groups is 2. The second kappa shape index (κ2) is 10.8. The van der Waals surface area contributed by atoms with Crippen LogP contribution in [0, 0.1) is 77.5 Å². The lowest BCUT2D eigenvalue weighted by atomic mass is 10.00. The van der Waals surface area contributed by atoms with E-state index >= 15 is 0 Å². The molecule has 0 aliphatic heterocycles. The van der Waals surface area contributed by atoms with E-state index in [0.717, 1.165) is 0 Å². The molecule has 0 rings (SSSR count). The van der Waals surface area contributed by atoms with Crippen LogP contribution in [-0.2, 0) is 9.59 Å². The van der Waals surface area contributed by atoms with Gasteiger partial charge in [0.05, 0.1) is 5.92 Å². The second-order valence-corrected chi connectivity index (χ2v) is 3.48. The van der Waals surface area contributed by atoms with E-state index in [1.165, 1.54) is 13.8 Å². The van der Waals surface area contributed by atoms with Crippen molar-refractivity contribution in [2.24, 2.45) is 5.92 Å². The fourth-order valence-corrected chi connectivity index (χ4v) is 0.962. The molecular formula is C18H10O2. The maximum absolute atomic E-state index is 11.2. The Morgan fingerprint density at radius 1 is 0.850 bits per heavy atom. The van der Waals surface area contributed by atoms with Gasteiger partial charge in [0, 0.05) is 6.42 Å². The van der Waals surface area contributed by atoms with Crippen molar-refractivity contribution in [3.8, 4) is 71.5 Å². The summed E-state index contributed by atoms with van der Waals surface area (Å²) in [5.74, 6) is 25.7. The number of Topliss-reactive ketones (excluding diaryl/α,β-unsaturated/α-hetero) is 2. The number of hydrogen-bond donors (Lipinski definition) is 0. The van der Waals surface area contributed by atoms with Crippen molar-refractivity contribution in [3.05, 3.63) is 0 Å². The molecule has 0 aromatic rings. The van der Waals surface area contributed by atoms with Crippen LogP contribution in [0.15, 0.2) is 0 Å². The smallest absolute Gasteiger partial charge is 0.145 e. The molecule has 0 N–H and O–H groups in total. The van der Waals surface area contributed by atoms with Crippen molar-refractivity contribution in [2.75, 3.05) is 0 Å². The summed E-state index contributed by atoms with van der Waals surface area (Å²) in [4.78, 5) is 22.1. The molecule has 0 aromatic carbocycles. The zero-order valence-electron chi connectivity index (χ0n) is 11.2. The van der Waals surface area contributed by atoms with Gasteiger partial charge in [0.15, 0.2) is 0 Å². The molecule has 1 unspecified atom stereocenters. The van der Waals surface area contributed by atoms with Crippen molar-refractivity contribution >= 4 is 11.6 Å². The van der Waals surface area contributed by atoms with E-state index in [2.05, 4.69) is 65.1 Å². The van der Waals surface area contributed by atoms with Crippen molar-refractivity contribution in [1.82, 2.24) is 0 Å². The lowest BCUT2D eigenvalue weighted by Gasteiger charge is -2.01. The normalized spacial score (nSPS) is 7.85. The summed E-state index contributed by atoms with van der Waals surface area (Å²) in [6.07, 6.45) is 5.00. The van der Waals surface area contributed by atoms with Gasteiger partial charge in [-0.2, -0.15) is 0 Å². The maximum Gasteiger partial charge on any atom is 0.145 e. The molecule has 0 heterocycles. The SMILES string of the molecule is C#CC#CC#CC#CC#CC#CC(CC(C)=O)C(C)=O. The van der Waals surface area contributed by atoms with Gasteiger partial charge in [-0.15, -0.1) is 6.42 Å². The van der Waals surface area contributed by atoms with Crippen molar-refractivity contribution in [3.63, 3.8) is 0 Å². The molecule has 0 amide bonds. The van der Waals surface area contributed by atoms with E-state index < -0.39 is 5.92 Å². The van der Waals surface area contributed by atoms with E-state index in [1.807, 2.05) is 0 Å². The van der Waals surface area contributed by atoms with Crippen LogP contribution in [0.3, 0.4) is 0 Å². The first kappa shape index (κ1) is 16.7. The highest BCUT2D eigenvalue weighted by Gasteiger charge is 2.12. The highest BCUT2D eigenvalue weighted by Crippen LogP contribution is 2.03. The van der Waals surface area contributed by atoms with Crippen molar-refractivity contribution < 1.29 is 9.59 Å². The van der Waals surface area contributed by atoms with Crippen molar-refractivity contribution in [2.45, 2.75) is 20.3 Å². The zero-order valence-corrected chi connectivity index (χ0v) is 11.2. The summed E-state index contributed by atoms with van der Waals surface area (Å²) in [5.41, 5.74) is 0. The Morgan fingerprint density at radius 2 is 1.30 bits per heavy atom. The molecule has 0 saturated carbocycles. The van der Waals surface area contributed by atoms with Gasteiger partial charge < -0.3 is 0 Å². The fraction of sp³-hybridized carbons (Fsp3) is 0.222. The molecule has 0 bridgehead atoms. The van der Waals surface area contributed by atoms with E-state index in [9.17, 15) is 9.59 Å². The first-order valence-electron chi connectivity index (χ1n) is 5.54. The average Bonchev–Trinajstić information content (AvgIpc) is 2.39. The molecular weight excluding hydrogens is 248 g/mol. The zero-order chi connectivity index (χ0) is 15.2. The minimum absolute atomic E-state index is 0.0874. The number of ketones is 2. The maximum atomic E-state index is 11.2. The van der Waals surface area contributed by atoms with Crippen LogP contribution in [0.2, 0.25) is 0 Å². The molecule has 0 radical (unpaired) electrons. The van der Waals surface area contributed by atoms with Crippen molar-refractivity contribution in [1.29, 1.82) is 0 Å². The Bertz CT molecular complexity index is 733. The molecule has 0 saturated heterocycles. The summed E-state index contributed by atoms with van der Waals surface area (Å²) >= 11 is 0. The van der Waals surface area contributed by atoms with Gasteiger partial charge in [-0.3, -0.25) is 9.59 Å². The minimum Gasteiger partial charge on any atom is -0.300 e. The quantitative estimate of drug-likeness (QED) is 0.702. The van der Waals surface area contributed by atoms with Gasteiger partial charge in [-0.05, 0) is 73.1 Å². The predicted octanol–water partition coefficient (Wildman–Crippen LogP) is 0.821. The predicted molar refractivity (Wildman–Crippen MR) is 77.2 cm³/mol. The molecule has 0 aliphatic rings. The molecule has 1 atom stereocenters. The van der Waals surface area contributed by atoms with E-state index in [1.54, 1.807) is 0 Å². The Hall–Kier alpha value is -3.30.